The molecule has 3 heteroatoms. The molecular weight excluding hydrogens is 102 g/mol. The van der Waals surface area contributed by atoms with E-state index in [1.165, 1.54) is 6.29 Å². The fourth-order valence-corrected chi connectivity index (χ4v) is 0.119. The average Bonchev–Trinajstić information content (AvgIpc) is 1.61. The van der Waals surface area contributed by atoms with E-state index in [0.717, 1.165) is 0 Å². The Balaban J connectivity index is 3.25. The molecule has 0 spiro atoms. The van der Waals surface area contributed by atoms with Gasteiger partial charge in [-0.15, -0.1) is 0 Å². The summed E-state index contributed by atoms with van der Waals surface area (Å²) in [6.45, 7) is 0. The van der Waals surface area contributed by atoms with E-state index in [1.54, 1.807) is 0 Å². The first kappa shape index (κ1) is 6.27. The Morgan fingerprint density at radius 3 is 2.43 bits per heavy atom. The van der Waals surface area contributed by atoms with Crippen LogP contribution in [0, 0.1) is 0 Å². The molecule has 0 rings (SSSR count). The monoisotopic (exact) mass is 105 g/mol. The average molecular weight is 105 g/mol. The van der Waals surface area contributed by atoms with E-state index in [9.17, 15) is 13.6 Å². The zero-order valence-electron chi connectivity index (χ0n) is 3.45. The number of hydrogen-bond donors (Lipinski definition) is 0. The van der Waals surface area contributed by atoms with Gasteiger partial charge in [-0.3, -0.25) is 4.79 Å². The number of hydrogen-bond acceptors (Lipinski definition) is 1. The van der Waals surface area contributed by atoms with E-state index in [2.05, 4.69) is 0 Å². The molecule has 0 heterocycles. The van der Waals surface area contributed by atoms with E-state index >= 15 is 0 Å². The molecule has 0 amide bonds. The van der Waals surface area contributed by atoms with Crippen LogP contribution < -0.4 is 0 Å². The SMILES string of the molecule is O=[C]CC=C(F)F. The molecular formula is C4H3F2O. The van der Waals surface area contributed by atoms with Gasteiger partial charge in [0, 0.05) is 6.42 Å². The molecule has 0 unspecified atom stereocenters. The second-order valence-electron chi connectivity index (χ2n) is 0.842. The third kappa shape index (κ3) is 5.27. The number of halogens is 2. The summed E-state index contributed by atoms with van der Waals surface area (Å²) < 4.78 is 21.8. The number of allylic oxidation sites excluding steroid dienone is 1. The van der Waals surface area contributed by atoms with Crippen LogP contribution in [0.25, 0.3) is 0 Å². The normalized spacial score (nSPS) is 7.71. The van der Waals surface area contributed by atoms with Crippen molar-refractivity contribution in [1.82, 2.24) is 0 Å². The minimum absolute atomic E-state index is 0.317. The van der Waals surface area contributed by atoms with Crippen molar-refractivity contribution in [3.8, 4) is 0 Å². The van der Waals surface area contributed by atoms with Gasteiger partial charge in [-0.1, -0.05) is 0 Å². The highest BCUT2D eigenvalue weighted by atomic mass is 19.3. The van der Waals surface area contributed by atoms with Crippen LogP contribution in [0.15, 0.2) is 12.2 Å². The zero-order valence-corrected chi connectivity index (χ0v) is 3.45. The molecule has 0 N–H and O–H groups in total. The third-order valence-electron chi connectivity index (χ3n) is 0.340. The van der Waals surface area contributed by atoms with Gasteiger partial charge in [0.2, 0.25) is 6.29 Å². The molecule has 0 fully saturated rings. The Hall–Kier alpha value is -0.730. The summed E-state index contributed by atoms with van der Waals surface area (Å²) >= 11 is 0. The van der Waals surface area contributed by atoms with Crippen LogP contribution in [0.2, 0.25) is 0 Å². The summed E-state index contributed by atoms with van der Waals surface area (Å²) in [6.07, 6.45) is -0.348. The maximum atomic E-state index is 10.9. The van der Waals surface area contributed by atoms with E-state index < -0.39 is 6.08 Å². The summed E-state index contributed by atoms with van der Waals surface area (Å²) in [5, 5.41) is 0. The fourth-order valence-electron chi connectivity index (χ4n) is 0.119. The van der Waals surface area contributed by atoms with Gasteiger partial charge in [-0.25, -0.2) is 0 Å². The zero-order chi connectivity index (χ0) is 5.70. The minimum Gasteiger partial charge on any atom is -0.291 e. The van der Waals surface area contributed by atoms with Crippen LogP contribution in [0.5, 0.6) is 0 Å². The molecule has 0 saturated carbocycles. The van der Waals surface area contributed by atoms with Gasteiger partial charge in [0.15, 0.2) is 0 Å². The molecule has 1 nitrogen and oxygen atoms in total. The van der Waals surface area contributed by atoms with E-state index in [1.807, 2.05) is 0 Å². The van der Waals surface area contributed by atoms with Crippen LogP contribution in [0.1, 0.15) is 6.42 Å². The Bertz CT molecular complexity index is 83.7. The highest BCUT2D eigenvalue weighted by Crippen LogP contribution is 1.95. The second kappa shape index (κ2) is 3.46. The Morgan fingerprint density at radius 2 is 2.29 bits per heavy atom. The highest BCUT2D eigenvalue weighted by molar-refractivity contribution is 5.52. The molecule has 0 aromatic heterocycles. The van der Waals surface area contributed by atoms with Crippen LogP contribution in [0.4, 0.5) is 8.78 Å². The maximum Gasteiger partial charge on any atom is 0.266 e. The molecule has 0 aliphatic carbocycles. The lowest BCUT2D eigenvalue weighted by Crippen LogP contribution is -1.65. The predicted molar refractivity (Wildman–Crippen MR) is 20.6 cm³/mol. The standard InChI is InChI=1S/C4H3F2O/c5-4(6)2-1-3-7/h2H,1H2. The fraction of sp³-hybridized carbons (Fsp3) is 0.250. The topological polar surface area (TPSA) is 17.1 Å². The minimum atomic E-state index is -1.83. The van der Waals surface area contributed by atoms with Crippen molar-refractivity contribution in [3.63, 3.8) is 0 Å². The van der Waals surface area contributed by atoms with E-state index in [0.29, 0.717) is 6.08 Å². The largest absolute Gasteiger partial charge is 0.291 e. The van der Waals surface area contributed by atoms with Gasteiger partial charge >= 0.3 is 0 Å². The van der Waals surface area contributed by atoms with Gasteiger partial charge in [-0.05, 0) is 6.08 Å². The van der Waals surface area contributed by atoms with E-state index in [4.69, 9.17) is 0 Å². The number of carbonyl (C=O) groups excluding carboxylic acids is 1. The van der Waals surface area contributed by atoms with Gasteiger partial charge in [0.1, 0.15) is 0 Å². The van der Waals surface area contributed by atoms with Crippen molar-refractivity contribution in [2.75, 3.05) is 0 Å². The van der Waals surface area contributed by atoms with Gasteiger partial charge in [-0.2, -0.15) is 8.78 Å². The Kier molecular flexibility index (Phi) is 3.10. The Morgan fingerprint density at radius 1 is 1.71 bits per heavy atom. The lowest BCUT2D eigenvalue weighted by atomic mass is 10.5. The van der Waals surface area contributed by atoms with Gasteiger partial charge in [0.25, 0.3) is 6.08 Å². The molecule has 0 atom stereocenters. The molecule has 7 heavy (non-hydrogen) atoms. The van der Waals surface area contributed by atoms with Crippen LogP contribution in [0.3, 0.4) is 0 Å². The molecule has 0 aliphatic heterocycles. The predicted octanol–water partition coefficient (Wildman–Crippen LogP) is 1.27. The van der Waals surface area contributed by atoms with Crippen molar-refractivity contribution >= 4 is 6.29 Å². The van der Waals surface area contributed by atoms with Crippen molar-refractivity contribution in [1.29, 1.82) is 0 Å². The molecule has 0 aromatic rings. The van der Waals surface area contributed by atoms with Crippen molar-refractivity contribution in [3.05, 3.63) is 12.2 Å². The summed E-state index contributed by atoms with van der Waals surface area (Å²) in [6, 6.07) is 0. The van der Waals surface area contributed by atoms with Gasteiger partial charge < -0.3 is 0 Å². The van der Waals surface area contributed by atoms with E-state index in [-0.39, 0.29) is 6.42 Å². The molecule has 0 aliphatic rings. The molecule has 0 saturated heterocycles. The number of rotatable bonds is 2. The summed E-state index contributed by atoms with van der Waals surface area (Å²) in [4.78, 5) is 9.21. The van der Waals surface area contributed by atoms with Gasteiger partial charge in [0.05, 0.1) is 0 Å². The molecule has 39 valence electrons. The molecule has 0 bridgehead atoms. The first-order chi connectivity index (χ1) is 3.27. The van der Waals surface area contributed by atoms with Crippen molar-refractivity contribution < 1.29 is 13.6 Å². The molecule has 0 aromatic carbocycles. The van der Waals surface area contributed by atoms with Crippen molar-refractivity contribution in [2.24, 2.45) is 0 Å². The first-order valence-electron chi connectivity index (χ1n) is 1.63. The summed E-state index contributed by atoms with van der Waals surface area (Å²) in [5.41, 5.74) is 0. The summed E-state index contributed by atoms with van der Waals surface area (Å²) in [7, 11) is 0. The second-order valence-corrected chi connectivity index (χ2v) is 0.842. The maximum absolute atomic E-state index is 10.9. The molecule has 1 radical (unpaired) electrons. The van der Waals surface area contributed by atoms with Crippen molar-refractivity contribution in [2.45, 2.75) is 6.42 Å². The smallest absolute Gasteiger partial charge is 0.266 e. The Labute approximate surface area is 39.6 Å². The lowest BCUT2D eigenvalue weighted by Gasteiger charge is -1.70. The van der Waals surface area contributed by atoms with Crippen LogP contribution in [-0.2, 0) is 4.79 Å². The lowest BCUT2D eigenvalue weighted by molar-refractivity contribution is 0.418. The van der Waals surface area contributed by atoms with Crippen LogP contribution in [-0.4, -0.2) is 6.29 Å². The third-order valence-corrected chi connectivity index (χ3v) is 0.340. The highest BCUT2D eigenvalue weighted by Gasteiger charge is 1.83. The van der Waals surface area contributed by atoms with Crippen LogP contribution >= 0.6 is 0 Å². The first-order valence-corrected chi connectivity index (χ1v) is 1.63. The summed E-state index contributed by atoms with van der Waals surface area (Å²) in [5.74, 6) is 0. The quantitative estimate of drug-likeness (QED) is 0.516.